The lowest BCUT2D eigenvalue weighted by Gasteiger charge is -2.36. The van der Waals surface area contributed by atoms with Crippen LogP contribution in [0.5, 0.6) is 0 Å². The summed E-state index contributed by atoms with van der Waals surface area (Å²) in [6, 6.07) is 9.98. The molecule has 1 N–H and O–H groups in total. The van der Waals surface area contributed by atoms with E-state index in [4.69, 9.17) is 4.74 Å². The zero-order chi connectivity index (χ0) is 18.5. The summed E-state index contributed by atoms with van der Waals surface area (Å²) in [4.78, 5) is 28.7. The summed E-state index contributed by atoms with van der Waals surface area (Å²) in [5, 5.41) is 3.16. The van der Waals surface area contributed by atoms with Crippen LogP contribution in [0.15, 0.2) is 30.3 Å². The van der Waals surface area contributed by atoms with E-state index in [0.29, 0.717) is 38.7 Å². The number of urea groups is 1. The van der Waals surface area contributed by atoms with Crippen molar-refractivity contribution in [3.05, 3.63) is 35.9 Å². The average molecular weight is 359 g/mol. The van der Waals surface area contributed by atoms with Crippen molar-refractivity contribution in [3.8, 4) is 0 Å². The maximum atomic E-state index is 12.7. The third-order valence-electron chi connectivity index (χ3n) is 5.19. The lowest BCUT2D eigenvalue weighted by molar-refractivity contribution is -0.142. The van der Waals surface area contributed by atoms with Gasteiger partial charge in [-0.05, 0) is 24.3 Å². The molecular weight excluding hydrogens is 330 g/mol. The Morgan fingerprint density at radius 2 is 1.73 bits per heavy atom. The molecule has 2 aliphatic heterocycles. The van der Waals surface area contributed by atoms with E-state index >= 15 is 0 Å². The highest BCUT2D eigenvalue weighted by Gasteiger charge is 2.32. The molecule has 3 rings (SSSR count). The molecule has 2 heterocycles. The number of carbonyl (C=O) groups is 2. The summed E-state index contributed by atoms with van der Waals surface area (Å²) < 4.78 is 5.49. The van der Waals surface area contributed by atoms with E-state index in [1.807, 2.05) is 35.2 Å². The number of rotatable bonds is 4. The van der Waals surface area contributed by atoms with Gasteiger partial charge in [-0.2, -0.15) is 0 Å². The van der Waals surface area contributed by atoms with Gasteiger partial charge in [0.1, 0.15) is 6.10 Å². The number of ether oxygens (including phenoxy) is 1. The highest BCUT2D eigenvalue weighted by Crippen LogP contribution is 2.22. The molecule has 2 fully saturated rings. The summed E-state index contributed by atoms with van der Waals surface area (Å²) >= 11 is 0. The van der Waals surface area contributed by atoms with Crippen LogP contribution in [0.25, 0.3) is 0 Å². The van der Waals surface area contributed by atoms with E-state index in [-0.39, 0.29) is 24.1 Å². The predicted molar refractivity (Wildman–Crippen MR) is 99.7 cm³/mol. The molecule has 2 saturated heterocycles. The van der Waals surface area contributed by atoms with Crippen molar-refractivity contribution in [2.24, 2.45) is 5.92 Å². The van der Waals surface area contributed by atoms with Crippen LogP contribution in [0.4, 0.5) is 4.79 Å². The number of carbonyl (C=O) groups excluding carboxylic acids is 2. The molecule has 0 spiro atoms. The first-order valence-electron chi connectivity index (χ1n) is 9.57. The van der Waals surface area contributed by atoms with Crippen molar-refractivity contribution in [2.45, 2.75) is 38.8 Å². The highest BCUT2D eigenvalue weighted by atomic mass is 16.5. The molecule has 26 heavy (non-hydrogen) atoms. The SMILES string of the molecule is CC(C)C(NC(=O)N1CCN(C(=O)C2CCCO2)CC1)c1ccccc1. The Balaban J connectivity index is 1.53. The molecule has 0 aromatic heterocycles. The molecule has 2 aliphatic rings. The number of piperazine rings is 1. The van der Waals surface area contributed by atoms with E-state index in [1.54, 1.807) is 4.90 Å². The Labute approximate surface area is 155 Å². The summed E-state index contributed by atoms with van der Waals surface area (Å²) in [5.41, 5.74) is 1.11. The molecule has 1 aromatic rings. The lowest BCUT2D eigenvalue weighted by Crippen LogP contribution is -2.55. The van der Waals surface area contributed by atoms with Crippen molar-refractivity contribution in [2.75, 3.05) is 32.8 Å². The van der Waals surface area contributed by atoms with Gasteiger partial charge in [-0.25, -0.2) is 4.79 Å². The first-order valence-corrected chi connectivity index (χ1v) is 9.57. The van der Waals surface area contributed by atoms with Gasteiger partial charge in [-0.15, -0.1) is 0 Å². The van der Waals surface area contributed by atoms with Crippen LogP contribution in [0, 0.1) is 5.92 Å². The summed E-state index contributed by atoms with van der Waals surface area (Å²) in [5.74, 6) is 0.371. The minimum Gasteiger partial charge on any atom is -0.368 e. The topological polar surface area (TPSA) is 61.9 Å². The Morgan fingerprint density at radius 1 is 1.08 bits per heavy atom. The molecule has 3 amide bonds. The lowest BCUT2D eigenvalue weighted by atomic mass is 9.96. The molecule has 6 heteroatoms. The molecular formula is C20H29N3O3. The predicted octanol–water partition coefficient (Wildman–Crippen LogP) is 2.42. The van der Waals surface area contributed by atoms with Crippen LogP contribution in [0.3, 0.4) is 0 Å². The number of hydrogen-bond donors (Lipinski definition) is 1. The molecule has 0 saturated carbocycles. The van der Waals surface area contributed by atoms with Crippen LogP contribution in [-0.4, -0.2) is 60.6 Å². The Hall–Kier alpha value is -2.08. The number of hydrogen-bond acceptors (Lipinski definition) is 3. The quantitative estimate of drug-likeness (QED) is 0.898. The summed E-state index contributed by atoms with van der Waals surface area (Å²) in [6.45, 7) is 7.16. The second kappa shape index (κ2) is 8.54. The van der Waals surface area contributed by atoms with Crippen LogP contribution in [0.2, 0.25) is 0 Å². The van der Waals surface area contributed by atoms with Crippen molar-refractivity contribution >= 4 is 11.9 Å². The van der Waals surface area contributed by atoms with Crippen LogP contribution in [0.1, 0.15) is 38.3 Å². The Morgan fingerprint density at radius 3 is 2.31 bits per heavy atom. The molecule has 1 aromatic carbocycles. The van der Waals surface area contributed by atoms with E-state index in [2.05, 4.69) is 19.2 Å². The number of amides is 3. The van der Waals surface area contributed by atoms with E-state index in [1.165, 1.54) is 0 Å². The second-order valence-electron chi connectivity index (χ2n) is 7.40. The van der Waals surface area contributed by atoms with Crippen molar-refractivity contribution in [3.63, 3.8) is 0 Å². The van der Waals surface area contributed by atoms with E-state index in [9.17, 15) is 9.59 Å². The highest BCUT2D eigenvalue weighted by molar-refractivity contribution is 5.81. The van der Waals surface area contributed by atoms with Crippen molar-refractivity contribution < 1.29 is 14.3 Å². The second-order valence-corrected chi connectivity index (χ2v) is 7.40. The Bertz CT molecular complexity index is 606. The first kappa shape index (κ1) is 18.7. The third kappa shape index (κ3) is 4.36. The van der Waals surface area contributed by atoms with Crippen LogP contribution in [-0.2, 0) is 9.53 Å². The largest absolute Gasteiger partial charge is 0.368 e. The fourth-order valence-corrected chi connectivity index (χ4v) is 3.63. The van der Waals surface area contributed by atoms with E-state index in [0.717, 1.165) is 18.4 Å². The molecule has 142 valence electrons. The van der Waals surface area contributed by atoms with Gasteiger partial charge in [0, 0.05) is 32.8 Å². The monoisotopic (exact) mass is 359 g/mol. The van der Waals surface area contributed by atoms with Crippen molar-refractivity contribution in [1.29, 1.82) is 0 Å². The third-order valence-corrected chi connectivity index (χ3v) is 5.19. The molecule has 2 unspecified atom stereocenters. The van der Waals surface area contributed by atoms with Gasteiger partial charge in [-0.1, -0.05) is 44.2 Å². The minimum atomic E-state index is -0.279. The van der Waals surface area contributed by atoms with Gasteiger partial charge in [0.25, 0.3) is 5.91 Å². The summed E-state index contributed by atoms with van der Waals surface area (Å²) in [7, 11) is 0. The number of nitrogens with zero attached hydrogens (tertiary/aromatic N) is 2. The van der Waals surface area contributed by atoms with Gasteiger partial charge in [0.2, 0.25) is 0 Å². The maximum absolute atomic E-state index is 12.7. The smallest absolute Gasteiger partial charge is 0.318 e. The molecule has 2 atom stereocenters. The van der Waals surface area contributed by atoms with E-state index < -0.39 is 0 Å². The van der Waals surface area contributed by atoms with Gasteiger partial charge >= 0.3 is 6.03 Å². The number of benzene rings is 1. The molecule has 0 radical (unpaired) electrons. The van der Waals surface area contributed by atoms with Gasteiger partial charge in [0.05, 0.1) is 6.04 Å². The van der Waals surface area contributed by atoms with Crippen LogP contribution >= 0.6 is 0 Å². The first-order chi connectivity index (χ1) is 12.6. The molecule has 0 bridgehead atoms. The van der Waals surface area contributed by atoms with Gasteiger partial charge < -0.3 is 19.9 Å². The van der Waals surface area contributed by atoms with Gasteiger partial charge in [-0.3, -0.25) is 4.79 Å². The number of nitrogens with one attached hydrogen (secondary N) is 1. The fraction of sp³-hybridized carbons (Fsp3) is 0.600. The zero-order valence-electron chi connectivity index (χ0n) is 15.7. The standard InChI is InChI=1S/C20H29N3O3/c1-15(2)18(16-7-4-3-5-8-16)21-20(25)23-12-10-22(11-13-23)19(24)17-9-6-14-26-17/h3-5,7-8,15,17-18H,6,9-14H2,1-2H3,(H,21,25). The normalized spacial score (nSPS) is 21.7. The molecule has 0 aliphatic carbocycles. The zero-order valence-corrected chi connectivity index (χ0v) is 15.7. The van der Waals surface area contributed by atoms with Crippen LogP contribution < -0.4 is 5.32 Å². The minimum absolute atomic E-state index is 0.0183. The fourth-order valence-electron chi connectivity index (χ4n) is 3.63. The Kier molecular flexibility index (Phi) is 6.14. The maximum Gasteiger partial charge on any atom is 0.318 e. The molecule has 6 nitrogen and oxygen atoms in total. The summed E-state index contributed by atoms with van der Waals surface area (Å²) in [6.07, 6.45) is 1.49. The average Bonchev–Trinajstić information content (AvgIpc) is 3.20. The van der Waals surface area contributed by atoms with Crippen molar-refractivity contribution in [1.82, 2.24) is 15.1 Å². The van der Waals surface area contributed by atoms with Gasteiger partial charge in [0.15, 0.2) is 0 Å².